The summed E-state index contributed by atoms with van der Waals surface area (Å²) in [5.41, 5.74) is 0.763. The highest BCUT2D eigenvalue weighted by Crippen LogP contribution is 2.23. The fourth-order valence-electron chi connectivity index (χ4n) is 2.90. The lowest BCUT2D eigenvalue weighted by molar-refractivity contribution is -0.0607. The normalized spacial score (nSPS) is 21.5. The van der Waals surface area contributed by atoms with E-state index < -0.39 is 11.6 Å². The molecular weight excluding hydrogens is 306 g/mol. The van der Waals surface area contributed by atoms with Gasteiger partial charge in [-0.2, -0.15) is 0 Å². The molecule has 1 unspecified atom stereocenters. The first-order chi connectivity index (χ1) is 11.4. The molecule has 24 heavy (non-hydrogen) atoms. The van der Waals surface area contributed by atoms with Crippen LogP contribution in [-0.2, 0) is 16.1 Å². The number of rotatable bonds is 6. The van der Waals surface area contributed by atoms with Crippen LogP contribution < -0.4 is 0 Å². The number of nitrogens with zero attached hydrogens (tertiary/aromatic N) is 1. The van der Waals surface area contributed by atoms with E-state index in [1.807, 2.05) is 39.0 Å². The summed E-state index contributed by atoms with van der Waals surface area (Å²) >= 11 is 0. The van der Waals surface area contributed by atoms with Crippen molar-refractivity contribution in [1.29, 1.82) is 0 Å². The van der Waals surface area contributed by atoms with Crippen LogP contribution in [-0.4, -0.2) is 47.5 Å². The summed E-state index contributed by atoms with van der Waals surface area (Å²) in [6.07, 6.45) is 0.973. The predicted octanol–water partition coefficient (Wildman–Crippen LogP) is 3.78. The number of carboxylic acid groups (broad SMARTS) is 1. The summed E-state index contributed by atoms with van der Waals surface area (Å²) in [7, 11) is 0. The van der Waals surface area contributed by atoms with Crippen molar-refractivity contribution in [2.24, 2.45) is 5.92 Å². The fraction of sp³-hybridized carbons (Fsp3) is 0.632. The minimum absolute atomic E-state index is 0.0225. The third-order valence-electron chi connectivity index (χ3n) is 4.36. The van der Waals surface area contributed by atoms with Crippen molar-refractivity contribution in [1.82, 2.24) is 4.90 Å². The standard InChI is InChI=1S/C19H29NO4/c1-19(2,3)20(18(21)22)11-17-10-9-16(14-24-17)13-23-12-15-7-5-4-6-8-15/h4-8,16-17H,9-14H2,1-3H3,(H,21,22)/t16-,17?/m1/s1. The summed E-state index contributed by atoms with van der Waals surface area (Å²) < 4.78 is 11.7. The molecule has 0 spiro atoms. The summed E-state index contributed by atoms with van der Waals surface area (Å²) in [5, 5.41) is 9.37. The molecule has 1 N–H and O–H groups in total. The van der Waals surface area contributed by atoms with E-state index in [2.05, 4.69) is 12.1 Å². The average molecular weight is 335 g/mol. The maximum Gasteiger partial charge on any atom is 0.407 e. The van der Waals surface area contributed by atoms with Crippen LogP contribution in [0.25, 0.3) is 0 Å². The van der Waals surface area contributed by atoms with E-state index in [0.717, 1.165) is 12.8 Å². The number of benzene rings is 1. The van der Waals surface area contributed by atoms with Gasteiger partial charge in [-0.25, -0.2) is 4.79 Å². The number of ether oxygens (including phenoxy) is 2. The number of amides is 1. The first kappa shape index (κ1) is 18.7. The Morgan fingerprint density at radius 3 is 2.54 bits per heavy atom. The van der Waals surface area contributed by atoms with Crippen molar-refractivity contribution in [2.75, 3.05) is 19.8 Å². The summed E-state index contributed by atoms with van der Waals surface area (Å²) in [4.78, 5) is 12.9. The summed E-state index contributed by atoms with van der Waals surface area (Å²) in [6.45, 7) is 8.09. The number of hydrogen-bond acceptors (Lipinski definition) is 3. The Hall–Kier alpha value is -1.59. The van der Waals surface area contributed by atoms with Crippen LogP contribution in [0.15, 0.2) is 30.3 Å². The van der Waals surface area contributed by atoms with Gasteiger partial charge in [-0.1, -0.05) is 30.3 Å². The molecule has 2 atom stereocenters. The molecule has 2 rings (SSSR count). The van der Waals surface area contributed by atoms with E-state index in [4.69, 9.17) is 9.47 Å². The zero-order valence-corrected chi connectivity index (χ0v) is 14.9. The van der Waals surface area contributed by atoms with E-state index in [1.54, 1.807) is 0 Å². The molecule has 1 aliphatic heterocycles. The molecule has 1 aromatic rings. The van der Waals surface area contributed by atoms with E-state index >= 15 is 0 Å². The lowest BCUT2D eigenvalue weighted by Gasteiger charge is -2.38. The zero-order chi connectivity index (χ0) is 17.6. The van der Waals surface area contributed by atoms with Gasteiger partial charge < -0.3 is 19.5 Å². The molecule has 1 amide bonds. The first-order valence-electron chi connectivity index (χ1n) is 8.60. The van der Waals surface area contributed by atoms with Crippen LogP contribution in [0.5, 0.6) is 0 Å². The Labute approximate surface area is 144 Å². The molecule has 134 valence electrons. The Kier molecular flexibility index (Phi) is 6.63. The third kappa shape index (κ3) is 5.80. The minimum Gasteiger partial charge on any atom is -0.465 e. The van der Waals surface area contributed by atoms with E-state index in [9.17, 15) is 9.90 Å². The lowest BCUT2D eigenvalue weighted by atomic mass is 9.97. The summed E-state index contributed by atoms with van der Waals surface area (Å²) in [6, 6.07) is 10.1. The average Bonchev–Trinajstić information content (AvgIpc) is 2.53. The van der Waals surface area contributed by atoms with Crippen molar-refractivity contribution >= 4 is 6.09 Å². The van der Waals surface area contributed by atoms with Gasteiger partial charge in [0.25, 0.3) is 0 Å². The number of carbonyl (C=O) groups is 1. The van der Waals surface area contributed by atoms with Gasteiger partial charge in [-0.15, -0.1) is 0 Å². The molecule has 5 heteroatoms. The van der Waals surface area contributed by atoms with Gasteiger partial charge in [0, 0.05) is 11.5 Å². The highest BCUT2D eigenvalue weighted by atomic mass is 16.5. The zero-order valence-electron chi connectivity index (χ0n) is 14.9. The van der Waals surface area contributed by atoms with Crippen LogP contribution >= 0.6 is 0 Å². The maximum atomic E-state index is 11.4. The second-order valence-corrected chi connectivity index (χ2v) is 7.46. The smallest absolute Gasteiger partial charge is 0.407 e. The summed E-state index contributed by atoms with van der Waals surface area (Å²) in [5.74, 6) is 0.387. The molecule has 5 nitrogen and oxygen atoms in total. The molecule has 0 bridgehead atoms. The van der Waals surface area contributed by atoms with E-state index in [1.165, 1.54) is 10.5 Å². The second kappa shape index (κ2) is 8.49. The van der Waals surface area contributed by atoms with Crippen LogP contribution in [0, 0.1) is 5.92 Å². The minimum atomic E-state index is -0.889. The van der Waals surface area contributed by atoms with Crippen LogP contribution in [0.3, 0.4) is 0 Å². The Bertz CT molecular complexity index is 504. The van der Waals surface area contributed by atoms with Gasteiger partial charge >= 0.3 is 6.09 Å². The van der Waals surface area contributed by atoms with Gasteiger partial charge in [0.15, 0.2) is 0 Å². The van der Waals surface area contributed by atoms with Crippen molar-refractivity contribution < 1.29 is 19.4 Å². The third-order valence-corrected chi connectivity index (χ3v) is 4.36. The van der Waals surface area contributed by atoms with Crippen LogP contribution in [0.2, 0.25) is 0 Å². The Balaban J connectivity index is 1.70. The molecule has 0 saturated carbocycles. The first-order valence-corrected chi connectivity index (χ1v) is 8.60. The van der Waals surface area contributed by atoms with Gasteiger partial charge in [0.2, 0.25) is 0 Å². The molecule has 0 aromatic heterocycles. The Morgan fingerprint density at radius 2 is 2.00 bits per heavy atom. The molecular formula is C19H29NO4. The van der Waals surface area contributed by atoms with Crippen molar-refractivity contribution in [3.63, 3.8) is 0 Å². The van der Waals surface area contributed by atoms with Crippen molar-refractivity contribution in [3.8, 4) is 0 Å². The van der Waals surface area contributed by atoms with Gasteiger partial charge in [0.1, 0.15) is 0 Å². The largest absolute Gasteiger partial charge is 0.465 e. The molecule has 0 aliphatic carbocycles. The quantitative estimate of drug-likeness (QED) is 0.859. The van der Waals surface area contributed by atoms with Gasteiger partial charge in [0.05, 0.1) is 32.5 Å². The van der Waals surface area contributed by atoms with Crippen molar-refractivity contribution in [3.05, 3.63) is 35.9 Å². The number of hydrogen-bond donors (Lipinski definition) is 1. The molecule has 1 aromatic carbocycles. The van der Waals surface area contributed by atoms with E-state index in [0.29, 0.717) is 32.3 Å². The van der Waals surface area contributed by atoms with Gasteiger partial charge in [-0.05, 0) is 39.2 Å². The lowest BCUT2D eigenvalue weighted by Crippen LogP contribution is -2.50. The highest BCUT2D eigenvalue weighted by Gasteiger charge is 2.31. The molecule has 1 saturated heterocycles. The predicted molar refractivity (Wildman–Crippen MR) is 93.0 cm³/mol. The topological polar surface area (TPSA) is 59.0 Å². The molecule has 1 aliphatic rings. The maximum absolute atomic E-state index is 11.4. The van der Waals surface area contributed by atoms with Crippen LogP contribution in [0.4, 0.5) is 4.79 Å². The molecule has 1 heterocycles. The SMILES string of the molecule is CC(C)(C)N(CC1CC[C@H](COCc2ccccc2)CO1)C(=O)O. The van der Waals surface area contributed by atoms with E-state index in [-0.39, 0.29) is 6.10 Å². The van der Waals surface area contributed by atoms with Crippen LogP contribution in [0.1, 0.15) is 39.2 Å². The second-order valence-electron chi connectivity index (χ2n) is 7.46. The monoisotopic (exact) mass is 335 g/mol. The molecule has 1 fully saturated rings. The van der Waals surface area contributed by atoms with Crippen molar-refractivity contribution in [2.45, 2.75) is 51.9 Å². The molecule has 0 radical (unpaired) electrons. The Morgan fingerprint density at radius 1 is 1.29 bits per heavy atom. The highest BCUT2D eigenvalue weighted by molar-refractivity contribution is 5.66. The fourth-order valence-corrected chi connectivity index (χ4v) is 2.90. The van der Waals surface area contributed by atoms with Gasteiger partial charge in [-0.3, -0.25) is 0 Å².